The van der Waals surface area contributed by atoms with Gasteiger partial charge in [-0.15, -0.1) is 34.0 Å². The number of pyridine rings is 3. The summed E-state index contributed by atoms with van der Waals surface area (Å²) in [6, 6.07) is 18.9. The summed E-state index contributed by atoms with van der Waals surface area (Å²) in [4.78, 5) is 38.9. The first-order valence-electron chi connectivity index (χ1n) is 10.9. The van der Waals surface area contributed by atoms with E-state index in [9.17, 15) is 9.59 Å². The third-order valence-corrected chi connectivity index (χ3v) is 8.88. The Morgan fingerprint density at radius 3 is 2.11 bits per heavy atom. The molecule has 0 bridgehead atoms. The number of hydrogen-bond donors (Lipinski definition) is 0. The second-order valence-electron chi connectivity index (χ2n) is 7.73. The Bertz CT molecular complexity index is 1730. The Kier molecular flexibility index (Phi) is 6.27. The molecule has 6 aromatic heterocycles. The van der Waals surface area contributed by atoms with E-state index in [4.69, 9.17) is 14.5 Å². The van der Waals surface area contributed by atoms with E-state index in [1.165, 1.54) is 25.4 Å². The van der Waals surface area contributed by atoms with Crippen LogP contribution < -0.4 is 9.47 Å². The van der Waals surface area contributed by atoms with Gasteiger partial charge >= 0.3 is 0 Å². The molecular weight excluding hydrogens is 527 g/mol. The summed E-state index contributed by atoms with van der Waals surface area (Å²) >= 11 is 5.27. The van der Waals surface area contributed by atoms with Gasteiger partial charge in [-0.2, -0.15) is 0 Å². The Labute approximate surface area is 222 Å². The average molecular weight is 542 g/mol. The summed E-state index contributed by atoms with van der Waals surface area (Å²) in [6.45, 7) is 0.699. The third-order valence-electron chi connectivity index (χ3n) is 5.46. The largest absolute Gasteiger partial charge is 0.429 e. The zero-order chi connectivity index (χ0) is 25.2. The fraction of sp³-hybridized carbons (Fsp3) is 0. The van der Waals surface area contributed by atoms with Gasteiger partial charge in [0.1, 0.15) is 11.5 Å². The predicted molar refractivity (Wildman–Crippen MR) is 146 cm³/mol. The number of ether oxygens (including phenoxy) is 2. The summed E-state index contributed by atoms with van der Waals surface area (Å²) in [6.07, 6.45) is 3.24. The SMILES string of the molecule is O=COc1ccnc(-c2cc(OC=O)cc(-c3cc(-c4ccc(-c5cc6sccc6s5)s4)ccn3)n2)c1. The Hall–Kier alpha value is -4.25. The van der Waals surface area contributed by atoms with Crippen LogP contribution in [-0.4, -0.2) is 27.9 Å². The molecule has 0 aliphatic heterocycles. The fourth-order valence-corrected chi connectivity index (χ4v) is 7.00. The van der Waals surface area contributed by atoms with Gasteiger partial charge in [-0.1, -0.05) is 0 Å². The molecule has 0 amide bonds. The van der Waals surface area contributed by atoms with E-state index in [2.05, 4.69) is 39.6 Å². The van der Waals surface area contributed by atoms with E-state index in [0.717, 1.165) is 10.4 Å². The van der Waals surface area contributed by atoms with Crippen LogP contribution in [0.2, 0.25) is 0 Å². The second-order valence-corrected chi connectivity index (χ2v) is 10.8. The maximum Gasteiger partial charge on any atom is 0.298 e. The quantitative estimate of drug-likeness (QED) is 0.193. The van der Waals surface area contributed by atoms with Gasteiger partial charge in [-0.05, 0) is 53.4 Å². The monoisotopic (exact) mass is 541 g/mol. The molecule has 0 aliphatic carbocycles. The van der Waals surface area contributed by atoms with Crippen LogP contribution in [0.3, 0.4) is 0 Å². The summed E-state index contributed by atoms with van der Waals surface area (Å²) in [7, 11) is 0. The Morgan fingerprint density at radius 1 is 0.622 bits per heavy atom. The number of aromatic nitrogens is 3. The summed E-state index contributed by atoms with van der Waals surface area (Å²) in [5.41, 5.74) is 3.02. The van der Waals surface area contributed by atoms with Crippen LogP contribution in [0, 0.1) is 0 Å². The lowest BCUT2D eigenvalue weighted by Crippen LogP contribution is -1.97. The van der Waals surface area contributed by atoms with Crippen LogP contribution in [0.1, 0.15) is 0 Å². The van der Waals surface area contributed by atoms with Crippen LogP contribution >= 0.6 is 34.0 Å². The molecule has 10 heteroatoms. The molecule has 6 heterocycles. The van der Waals surface area contributed by atoms with Crippen LogP contribution in [0.15, 0.2) is 78.4 Å². The van der Waals surface area contributed by atoms with Crippen LogP contribution in [-0.2, 0) is 9.59 Å². The molecule has 37 heavy (non-hydrogen) atoms. The van der Waals surface area contributed by atoms with Crippen molar-refractivity contribution in [1.82, 2.24) is 15.0 Å². The van der Waals surface area contributed by atoms with Crippen molar-refractivity contribution in [3.8, 4) is 54.5 Å². The van der Waals surface area contributed by atoms with E-state index < -0.39 is 0 Å². The number of carbonyl (C=O) groups excluding carboxylic acids is 2. The van der Waals surface area contributed by atoms with Gasteiger partial charge in [-0.25, -0.2) is 4.98 Å². The number of nitrogens with zero attached hydrogens (tertiary/aromatic N) is 3. The molecule has 0 fully saturated rings. The smallest absolute Gasteiger partial charge is 0.298 e. The molecule has 0 aromatic carbocycles. The Balaban J connectivity index is 1.36. The minimum atomic E-state index is 0.293. The lowest BCUT2D eigenvalue weighted by molar-refractivity contribution is -0.121. The minimum absolute atomic E-state index is 0.293. The predicted octanol–water partition coefficient (Wildman–Crippen LogP) is 6.95. The van der Waals surface area contributed by atoms with Crippen molar-refractivity contribution in [2.75, 3.05) is 0 Å². The number of rotatable bonds is 8. The number of thiophene rings is 3. The highest BCUT2D eigenvalue weighted by Gasteiger charge is 2.14. The first kappa shape index (κ1) is 23.2. The summed E-state index contributed by atoms with van der Waals surface area (Å²) in [5, 5.41) is 2.11. The number of fused-ring (bicyclic) bond motifs is 1. The van der Waals surface area contributed by atoms with Crippen molar-refractivity contribution in [1.29, 1.82) is 0 Å². The molecule has 6 rings (SSSR count). The molecular formula is C27H15N3O4S3. The second kappa shape index (κ2) is 10.0. The average Bonchev–Trinajstić information content (AvgIpc) is 3.66. The molecule has 180 valence electrons. The van der Waals surface area contributed by atoms with Gasteiger partial charge in [0.25, 0.3) is 12.9 Å². The van der Waals surface area contributed by atoms with Crippen molar-refractivity contribution in [2.24, 2.45) is 0 Å². The van der Waals surface area contributed by atoms with Crippen LogP contribution in [0.5, 0.6) is 11.5 Å². The lowest BCUT2D eigenvalue weighted by atomic mass is 10.1. The highest BCUT2D eigenvalue weighted by atomic mass is 32.1. The van der Waals surface area contributed by atoms with E-state index in [1.54, 1.807) is 64.5 Å². The standard InChI is InChI=1S/C27H15N3O4S3/c31-14-33-17-4-7-29-20(10-17)22-12-18(34-15-32)11-21(30-22)19-9-16(3-6-28-19)23-1-2-24(36-23)27-13-26-25(37-27)5-8-35-26/h1-15H. The van der Waals surface area contributed by atoms with E-state index in [-0.39, 0.29) is 0 Å². The summed E-state index contributed by atoms with van der Waals surface area (Å²) < 4.78 is 12.7. The molecule has 7 nitrogen and oxygen atoms in total. The van der Waals surface area contributed by atoms with Gasteiger partial charge in [0.2, 0.25) is 0 Å². The van der Waals surface area contributed by atoms with Crippen molar-refractivity contribution in [3.05, 3.63) is 78.4 Å². The molecule has 0 aliphatic rings. The van der Waals surface area contributed by atoms with Crippen molar-refractivity contribution in [3.63, 3.8) is 0 Å². The molecule has 0 spiro atoms. The third kappa shape index (κ3) is 4.77. The molecule has 0 atom stereocenters. The minimum Gasteiger partial charge on any atom is -0.429 e. The van der Waals surface area contributed by atoms with E-state index in [0.29, 0.717) is 47.2 Å². The zero-order valence-corrected chi connectivity index (χ0v) is 21.3. The first-order chi connectivity index (χ1) is 18.2. The highest BCUT2D eigenvalue weighted by molar-refractivity contribution is 7.31. The van der Waals surface area contributed by atoms with Crippen molar-refractivity contribution < 1.29 is 19.1 Å². The van der Waals surface area contributed by atoms with Crippen molar-refractivity contribution in [2.45, 2.75) is 0 Å². The fourth-order valence-electron chi connectivity index (χ4n) is 3.81. The zero-order valence-electron chi connectivity index (χ0n) is 18.9. The van der Waals surface area contributed by atoms with Crippen LogP contribution in [0.25, 0.3) is 52.4 Å². The highest BCUT2D eigenvalue weighted by Crippen LogP contribution is 2.41. The van der Waals surface area contributed by atoms with Crippen molar-refractivity contribution >= 4 is 56.4 Å². The topological polar surface area (TPSA) is 91.3 Å². The summed E-state index contributed by atoms with van der Waals surface area (Å²) in [5.74, 6) is 0.617. The molecule has 6 aromatic rings. The maximum atomic E-state index is 11.1. The van der Waals surface area contributed by atoms with Gasteiger partial charge in [0.15, 0.2) is 0 Å². The van der Waals surface area contributed by atoms with Gasteiger partial charge in [-0.3, -0.25) is 19.6 Å². The number of carbonyl (C=O) groups is 2. The lowest BCUT2D eigenvalue weighted by Gasteiger charge is -2.09. The van der Waals surface area contributed by atoms with Crippen LogP contribution in [0.4, 0.5) is 0 Å². The molecule has 0 N–H and O–H groups in total. The van der Waals surface area contributed by atoms with E-state index in [1.807, 2.05) is 12.1 Å². The molecule has 0 saturated carbocycles. The normalized spacial score (nSPS) is 10.9. The molecule has 0 unspecified atom stereocenters. The molecule has 0 saturated heterocycles. The maximum absolute atomic E-state index is 11.1. The van der Waals surface area contributed by atoms with E-state index >= 15 is 0 Å². The first-order valence-corrected chi connectivity index (χ1v) is 13.4. The Morgan fingerprint density at radius 2 is 1.32 bits per heavy atom. The number of hydrogen-bond acceptors (Lipinski definition) is 10. The van der Waals surface area contributed by atoms with Gasteiger partial charge in [0.05, 0.1) is 22.8 Å². The van der Waals surface area contributed by atoms with Gasteiger partial charge in [0, 0.05) is 54.6 Å². The van der Waals surface area contributed by atoms with Gasteiger partial charge < -0.3 is 9.47 Å². The molecule has 0 radical (unpaired) electrons.